The number of hydrogen-bond acceptors (Lipinski definition) is 4. The zero-order valence-electron chi connectivity index (χ0n) is 18.9. The number of carbonyl (C=O) groups is 2. The van der Waals surface area contributed by atoms with Gasteiger partial charge in [0.2, 0.25) is 11.9 Å². The van der Waals surface area contributed by atoms with Crippen LogP contribution in [0.1, 0.15) is 37.0 Å². The van der Waals surface area contributed by atoms with E-state index in [1.54, 1.807) is 0 Å². The van der Waals surface area contributed by atoms with E-state index in [1.807, 2.05) is 28.8 Å². The molecule has 0 aliphatic heterocycles. The van der Waals surface area contributed by atoms with Gasteiger partial charge in [-0.3, -0.25) is 14.9 Å². The molecule has 0 unspecified atom stereocenters. The molecule has 2 amide bonds. The molecular formula is C24H29F2N5O2. The van der Waals surface area contributed by atoms with Crippen LogP contribution in [0.2, 0.25) is 0 Å². The Kier molecular flexibility index (Phi) is 8.48. The first kappa shape index (κ1) is 24.3. The van der Waals surface area contributed by atoms with Gasteiger partial charge in [0.25, 0.3) is 5.91 Å². The first-order valence-electron chi connectivity index (χ1n) is 11.1. The largest absolute Gasteiger partial charge is 0.352 e. The quantitative estimate of drug-likeness (QED) is 0.429. The van der Waals surface area contributed by atoms with Gasteiger partial charge in [-0.1, -0.05) is 26.0 Å². The summed E-state index contributed by atoms with van der Waals surface area (Å²) in [5.74, 6) is -2.05. The Morgan fingerprint density at radius 2 is 1.85 bits per heavy atom. The number of nitrogens with one attached hydrogen (secondary N) is 2. The lowest BCUT2D eigenvalue weighted by atomic mass is 10.2. The molecule has 1 aromatic heterocycles. The fourth-order valence-electron chi connectivity index (χ4n) is 3.59. The molecule has 0 saturated heterocycles. The molecule has 7 nitrogen and oxygen atoms in total. The van der Waals surface area contributed by atoms with E-state index in [0.717, 1.165) is 42.8 Å². The lowest BCUT2D eigenvalue weighted by Gasteiger charge is -2.19. The number of aromatic nitrogens is 2. The van der Waals surface area contributed by atoms with Crippen molar-refractivity contribution in [2.24, 2.45) is 0 Å². The number of carbonyl (C=O) groups excluding carboxylic acids is 2. The smallest absolute Gasteiger partial charge is 0.254 e. The fraction of sp³-hybridized carbons (Fsp3) is 0.375. The normalized spacial score (nSPS) is 11.2. The molecule has 2 N–H and O–H groups in total. The Hall–Kier alpha value is -3.33. The maximum atomic E-state index is 13.7. The molecule has 0 bridgehead atoms. The zero-order chi connectivity index (χ0) is 23.8. The van der Waals surface area contributed by atoms with Crippen molar-refractivity contribution in [1.29, 1.82) is 0 Å². The van der Waals surface area contributed by atoms with Gasteiger partial charge in [-0.2, -0.15) is 0 Å². The van der Waals surface area contributed by atoms with Gasteiger partial charge in [-0.05, 0) is 43.8 Å². The molecule has 1 heterocycles. The second kappa shape index (κ2) is 11.5. The van der Waals surface area contributed by atoms with E-state index < -0.39 is 17.5 Å². The van der Waals surface area contributed by atoms with E-state index in [2.05, 4.69) is 34.4 Å². The number of halogens is 2. The van der Waals surface area contributed by atoms with E-state index in [0.29, 0.717) is 25.0 Å². The molecule has 2 aromatic carbocycles. The average molecular weight is 458 g/mol. The lowest BCUT2D eigenvalue weighted by molar-refractivity contribution is -0.116. The zero-order valence-corrected chi connectivity index (χ0v) is 18.9. The summed E-state index contributed by atoms with van der Waals surface area (Å²) in [4.78, 5) is 31.4. The molecule has 0 atom stereocenters. The van der Waals surface area contributed by atoms with E-state index in [1.165, 1.54) is 0 Å². The Morgan fingerprint density at radius 3 is 2.58 bits per heavy atom. The fourth-order valence-corrected chi connectivity index (χ4v) is 3.59. The first-order valence-corrected chi connectivity index (χ1v) is 11.1. The molecule has 33 heavy (non-hydrogen) atoms. The third kappa shape index (κ3) is 6.35. The number of nitrogens with zero attached hydrogens (tertiary/aromatic N) is 3. The van der Waals surface area contributed by atoms with Gasteiger partial charge in [0, 0.05) is 32.1 Å². The summed E-state index contributed by atoms with van der Waals surface area (Å²) in [6, 6.07) is 10.5. The van der Waals surface area contributed by atoms with Crippen LogP contribution in [-0.4, -0.2) is 52.4 Å². The van der Waals surface area contributed by atoms with Crippen LogP contribution in [0.4, 0.5) is 14.7 Å². The van der Waals surface area contributed by atoms with Gasteiger partial charge in [-0.25, -0.2) is 13.8 Å². The summed E-state index contributed by atoms with van der Waals surface area (Å²) in [6.07, 6.45) is 0.519. The minimum Gasteiger partial charge on any atom is -0.352 e. The third-order valence-corrected chi connectivity index (χ3v) is 5.48. The molecule has 0 aliphatic rings. The van der Waals surface area contributed by atoms with Crippen LogP contribution in [0, 0.1) is 11.6 Å². The van der Waals surface area contributed by atoms with Gasteiger partial charge >= 0.3 is 0 Å². The second-order valence-corrected chi connectivity index (χ2v) is 7.63. The molecule has 0 radical (unpaired) electrons. The van der Waals surface area contributed by atoms with E-state index >= 15 is 0 Å². The molecule has 3 aromatic rings. The average Bonchev–Trinajstić information content (AvgIpc) is 3.14. The number of benzene rings is 2. The Balaban J connectivity index is 1.55. The van der Waals surface area contributed by atoms with Crippen LogP contribution in [0.25, 0.3) is 11.0 Å². The predicted octanol–water partition coefficient (Wildman–Crippen LogP) is 3.81. The third-order valence-electron chi connectivity index (χ3n) is 5.48. The van der Waals surface area contributed by atoms with Gasteiger partial charge in [-0.15, -0.1) is 0 Å². The highest BCUT2D eigenvalue weighted by Crippen LogP contribution is 2.20. The standard InChI is InChI=1S/C24H29F2N5O2/c1-3-30(4-2)14-15-31-21-9-6-5-8-20(21)28-24(31)29-22(32)10-7-13-27-23(33)18-12-11-17(25)16-19(18)26/h5-6,8-9,11-12,16H,3-4,7,10,13-15H2,1-2H3,(H,27,33)(H,28,29,32). The van der Waals surface area contributed by atoms with Crippen molar-refractivity contribution in [3.63, 3.8) is 0 Å². The Bertz CT molecular complexity index is 1110. The van der Waals surface area contributed by atoms with Crippen molar-refractivity contribution in [3.8, 4) is 0 Å². The number of rotatable bonds is 11. The SMILES string of the molecule is CCN(CC)CCn1c(NC(=O)CCCNC(=O)c2ccc(F)cc2F)nc2ccccc21. The van der Waals surface area contributed by atoms with Crippen molar-refractivity contribution >= 4 is 28.8 Å². The number of para-hydroxylation sites is 2. The molecule has 0 spiro atoms. The maximum Gasteiger partial charge on any atom is 0.254 e. The van der Waals surface area contributed by atoms with Crippen molar-refractivity contribution < 1.29 is 18.4 Å². The van der Waals surface area contributed by atoms with Gasteiger partial charge in [0.05, 0.1) is 16.6 Å². The van der Waals surface area contributed by atoms with Crippen LogP contribution in [0.5, 0.6) is 0 Å². The number of likely N-dealkylation sites (N-methyl/N-ethyl adjacent to an activating group) is 1. The summed E-state index contributed by atoms with van der Waals surface area (Å²) < 4.78 is 28.7. The predicted molar refractivity (Wildman–Crippen MR) is 124 cm³/mol. The molecule has 3 rings (SSSR count). The Labute approximate surface area is 191 Å². The van der Waals surface area contributed by atoms with Crippen molar-refractivity contribution in [2.75, 3.05) is 31.5 Å². The summed E-state index contributed by atoms with van der Waals surface area (Å²) in [6.45, 7) is 7.82. The molecule has 9 heteroatoms. The van der Waals surface area contributed by atoms with Crippen molar-refractivity contribution in [1.82, 2.24) is 19.8 Å². The van der Waals surface area contributed by atoms with Crippen molar-refractivity contribution in [2.45, 2.75) is 33.2 Å². The number of amides is 2. The maximum absolute atomic E-state index is 13.7. The number of hydrogen-bond donors (Lipinski definition) is 2. The highest BCUT2D eigenvalue weighted by Gasteiger charge is 2.15. The van der Waals surface area contributed by atoms with E-state index in [9.17, 15) is 18.4 Å². The van der Waals surface area contributed by atoms with Crippen LogP contribution in [0.3, 0.4) is 0 Å². The molecule has 0 fully saturated rings. The first-order chi connectivity index (χ1) is 15.9. The highest BCUT2D eigenvalue weighted by atomic mass is 19.1. The topological polar surface area (TPSA) is 79.3 Å². The van der Waals surface area contributed by atoms with Gasteiger partial charge in [0.1, 0.15) is 11.6 Å². The summed E-state index contributed by atoms with van der Waals surface area (Å²) in [7, 11) is 0. The van der Waals surface area contributed by atoms with Gasteiger partial charge in [0.15, 0.2) is 0 Å². The molecule has 0 aliphatic carbocycles. The molecule has 0 saturated carbocycles. The van der Waals surface area contributed by atoms with Crippen LogP contribution in [-0.2, 0) is 11.3 Å². The minimum atomic E-state index is -0.922. The lowest BCUT2D eigenvalue weighted by Crippen LogP contribution is -2.28. The van der Waals surface area contributed by atoms with E-state index in [4.69, 9.17) is 0 Å². The molecule has 176 valence electrons. The highest BCUT2D eigenvalue weighted by molar-refractivity contribution is 5.94. The van der Waals surface area contributed by atoms with Gasteiger partial charge < -0.3 is 14.8 Å². The van der Waals surface area contributed by atoms with E-state index in [-0.39, 0.29) is 24.4 Å². The van der Waals surface area contributed by atoms with Crippen LogP contribution >= 0.6 is 0 Å². The van der Waals surface area contributed by atoms with Crippen molar-refractivity contribution in [3.05, 3.63) is 59.7 Å². The van der Waals surface area contributed by atoms with Crippen LogP contribution in [0.15, 0.2) is 42.5 Å². The number of imidazole rings is 1. The Morgan fingerprint density at radius 1 is 1.09 bits per heavy atom. The number of anilines is 1. The molecular weight excluding hydrogens is 428 g/mol. The minimum absolute atomic E-state index is 0.158. The van der Waals surface area contributed by atoms with Crippen LogP contribution < -0.4 is 10.6 Å². The monoisotopic (exact) mass is 457 g/mol. The second-order valence-electron chi connectivity index (χ2n) is 7.63. The summed E-state index contributed by atoms with van der Waals surface area (Å²) >= 11 is 0. The summed E-state index contributed by atoms with van der Waals surface area (Å²) in [5.41, 5.74) is 1.53. The summed E-state index contributed by atoms with van der Waals surface area (Å²) in [5, 5.41) is 5.42. The number of fused-ring (bicyclic) bond motifs is 1.